The fraction of sp³-hybridized carbons (Fsp3) is 0.190. The van der Waals surface area contributed by atoms with E-state index in [1.807, 2.05) is 24.3 Å². The lowest BCUT2D eigenvalue weighted by Crippen LogP contribution is -2.37. The molecule has 1 aromatic heterocycles. The zero-order chi connectivity index (χ0) is 21.3. The molecule has 0 spiro atoms. The quantitative estimate of drug-likeness (QED) is 0.479. The monoisotopic (exact) mass is 422 g/mol. The Morgan fingerprint density at radius 2 is 1.67 bits per heavy atom. The van der Waals surface area contributed by atoms with Gasteiger partial charge in [0.05, 0.1) is 11.1 Å². The molecule has 0 atom stereocenters. The van der Waals surface area contributed by atoms with E-state index in [-0.39, 0.29) is 23.0 Å². The van der Waals surface area contributed by atoms with Gasteiger partial charge in [0.15, 0.2) is 0 Å². The van der Waals surface area contributed by atoms with Gasteiger partial charge >= 0.3 is 6.01 Å². The number of nitrogens with one attached hydrogen (secondary N) is 1. The van der Waals surface area contributed by atoms with Crippen LogP contribution in [0.4, 0.5) is 6.01 Å². The lowest BCUT2D eigenvalue weighted by molar-refractivity contribution is -0.116. The molecule has 2 aromatic carbocycles. The van der Waals surface area contributed by atoms with Gasteiger partial charge in [0.25, 0.3) is 11.8 Å². The van der Waals surface area contributed by atoms with Crippen molar-refractivity contribution in [3.8, 4) is 11.5 Å². The van der Waals surface area contributed by atoms with Crippen LogP contribution in [0.1, 0.15) is 34.6 Å². The number of amides is 3. The number of imide groups is 1. The van der Waals surface area contributed by atoms with E-state index in [0.717, 1.165) is 15.4 Å². The van der Waals surface area contributed by atoms with E-state index < -0.39 is 24.3 Å². The van der Waals surface area contributed by atoms with Gasteiger partial charge in [-0.05, 0) is 36.4 Å². The Labute approximate surface area is 176 Å². The standard InChI is InChI=1S/C21H18N4O4S/c1-12(2)30-14-9-7-13(8-10-14)18-23-24-21(29-18)22-17(26)11-25-19(27)15-5-3-4-6-16(15)20(25)28/h3-10,12H,11H2,1-2H3,(H,22,24,26). The van der Waals surface area contributed by atoms with E-state index in [1.54, 1.807) is 36.0 Å². The van der Waals surface area contributed by atoms with E-state index in [9.17, 15) is 14.4 Å². The first-order chi connectivity index (χ1) is 14.4. The minimum atomic E-state index is -0.608. The molecule has 1 aliphatic rings. The summed E-state index contributed by atoms with van der Waals surface area (Å²) in [4.78, 5) is 39.0. The maximum absolute atomic E-state index is 12.4. The van der Waals surface area contributed by atoms with Gasteiger partial charge in [-0.2, -0.15) is 0 Å². The average Bonchev–Trinajstić information content (AvgIpc) is 3.27. The van der Waals surface area contributed by atoms with E-state index in [2.05, 4.69) is 29.4 Å². The number of aromatic nitrogens is 2. The fourth-order valence-corrected chi connectivity index (χ4v) is 3.86. The molecule has 0 saturated heterocycles. The second-order valence-electron chi connectivity index (χ2n) is 6.89. The molecule has 4 rings (SSSR count). The molecule has 0 aliphatic carbocycles. The van der Waals surface area contributed by atoms with Gasteiger partial charge in [-0.3, -0.25) is 24.6 Å². The topological polar surface area (TPSA) is 105 Å². The van der Waals surface area contributed by atoms with Gasteiger partial charge in [-0.1, -0.05) is 31.1 Å². The molecule has 0 radical (unpaired) electrons. The zero-order valence-electron chi connectivity index (χ0n) is 16.3. The second kappa shape index (κ2) is 8.11. The van der Waals surface area contributed by atoms with Gasteiger partial charge in [-0.25, -0.2) is 0 Å². The Kier molecular flexibility index (Phi) is 5.37. The minimum Gasteiger partial charge on any atom is -0.403 e. The van der Waals surface area contributed by atoms with Crippen LogP contribution < -0.4 is 5.32 Å². The number of carbonyl (C=O) groups excluding carboxylic acids is 3. The molecule has 0 bridgehead atoms. The van der Waals surface area contributed by atoms with Crippen molar-refractivity contribution in [1.29, 1.82) is 0 Å². The summed E-state index contributed by atoms with van der Waals surface area (Å²) in [7, 11) is 0. The summed E-state index contributed by atoms with van der Waals surface area (Å²) in [5.74, 6) is -1.36. The van der Waals surface area contributed by atoms with E-state index in [0.29, 0.717) is 5.25 Å². The third kappa shape index (κ3) is 3.97. The smallest absolute Gasteiger partial charge is 0.322 e. The van der Waals surface area contributed by atoms with Crippen LogP contribution in [0.5, 0.6) is 0 Å². The highest BCUT2D eigenvalue weighted by atomic mass is 32.2. The molecule has 1 N–H and O–H groups in total. The van der Waals surface area contributed by atoms with Crippen molar-refractivity contribution in [1.82, 2.24) is 15.1 Å². The largest absolute Gasteiger partial charge is 0.403 e. The highest BCUT2D eigenvalue weighted by molar-refractivity contribution is 7.99. The van der Waals surface area contributed by atoms with Crippen molar-refractivity contribution in [2.45, 2.75) is 24.0 Å². The van der Waals surface area contributed by atoms with Crippen LogP contribution in [-0.2, 0) is 4.79 Å². The third-order valence-corrected chi connectivity index (χ3v) is 5.34. The number of benzene rings is 2. The number of nitrogens with zero attached hydrogens (tertiary/aromatic N) is 3. The SMILES string of the molecule is CC(C)Sc1ccc(-c2nnc(NC(=O)CN3C(=O)c4ccccc4C3=O)o2)cc1. The Bertz CT molecular complexity index is 1090. The van der Waals surface area contributed by atoms with Crippen molar-refractivity contribution >= 4 is 35.5 Å². The number of hydrogen-bond acceptors (Lipinski definition) is 7. The lowest BCUT2D eigenvalue weighted by atomic mass is 10.1. The van der Waals surface area contributed by atoms with Crippen LogP contribution in [0.2, 0.25) is 0 Å². The molecule has 2 heterocycles. The highest BCUT2D eigenvalue weighted by Crippen LogP contribution is 2.27. The molecule has 8 nitrogen and oxygen atoms in total. The number of carbonyl (C=O) groups is 3. The van der Waals surface area contributed by atoms with Gasteiger partial charge in [-0.15, -0.1) is 16.9 Å². The zero-order valence-corrected chi connectivity index (χ0v) is 17.1. The summed E-state index contributed by atoms with van der Waals surface area (Å²) in [5.41, 5.74) is 1.29. The molecule has 30 heavy (non-hydrogen) atoms. The molecular formula is C21H18N4O4S. The summed E-state index contributed by atoms with van der Waals surface area (Å²) in [5, 5.41) is 10.7. The predicted molar refractivity (Wildman–Crippen MR) is 111 cm³/mol. The van der Waals surface area contributed by atoms with Crippen LogP contribution in [-0.4, -0.2) is 44.6 Å². The molecule has 0 saturated carbocycles. The second-order valence-corrected chi connectivity index (χ2v) is 8.54. The average molecular weight is 422 g/mol. The molecule has 152 valence electrons. The van der Waals surface area contributed by atoms with E-state index in [1.165, 1.54) is 0 Å². The number of hydrogen-bond donors (Lipinski definition) is 1. The molecule has 3 amide bonds. The molecule has 9 heteroatoms. The summed E-state index contributed by atoms with van der Waals surface area (Å²) >= 11 is 1.74. The summed E-state index contributed by atoms with van der Waals surface area (Å²) in [6.07, 6.45) is 0. The van der Waals surface area contributed by atoms with Crippen LogP contribution in [0.3, 0.4) is 0 Å². The summed E-state index contributed by atoms with van der Waals surface area (Å²) in [6, 6.07) is 14.0. The first-order valence-electron chi connectivity index (χ1n) is 9.28. The van der Waals surface area contributed by atoms with Crippen molar-refractivity contribution in [2.75, 3.05) is 11.9 Å². The first-order valence-corrected chi connectivity index (χ1v) is 10.2. The Balaban J connectivity index is 1.40. The molecule has 3 aromatic rings. The van der Waals surface area contributed by atoms with Crippen LogP contribution in [0.15, 0.2) is 57.8 Å². The van der Waals surface area contributed by atoms with Gasteiger partial charge in [0, 0.05) is 15.7 Å². The predicted octanol–water partition coefficient (Wildman–Crippen LogP) is 3.47. The lowest BCUT2D eigenvalue weighted by Gasteiger charge is -2.12. The molecule has 0 fully saturated rings. The van der Waals surface area contributed by atoms with E-state index in [4.69, 9.17) is 4.42 Å². The fourth-order valence-electron chi connectivity index (χ4n) is 3.02. The molecule has 0 unspecified atom stereocenters. The molecule has 1 aliphatic heterocycles. The summed E-state index contributed by atoms with van der Waals surface area (Å²) in [6.45, 7) is 3.80. The first kappa shape index (κ1) is 19.8. The van der Waals surface area contributed by atoms with E-state index >= 15 is 0 Å². The molecular weight excluding hydrogens is 404 g/mol. The van der Waals surface area contributed by atoms with Crippen LogP contribution >= 0.6 is 11.8 Å². The number of thioether (sulfide) groups is 1. The summed E-state index contributed by atoms with van der Waals surface area (Å²) < 4.78 is 5.49. The van der Waals surface area contributed by atoms with Crippen molar-refractivity contribution in [3.63, 3.8) is 0 Å². The van der Waals surface area contributed by atoms with Crippen LogP contribution in [0, 0.1) is 0 Å². The number of rotatable bonds is 6. The number of anilines is 1. The van der Waals surface area contributed by atoms with Gasteiger partial charge in [0.1, 0.15) is 6.54 Å². The van der Waals surface area contributed by atoms with Crippen molar-refractivity contribution in [3.05, 3.63) is 59.7 Å². The Hall–Kier alpha value is -3.46. The normalized spacial score (nSPS) is 13.1. The van der Waals surface area contributed by atoms with Gasteiger partial charge in [0.2, 0.25) is 11.8 Å². The van der Waals surface area contributed by atoms with Crippen molar-refractivity contribution < 1.29 is 18.8 Å². The minimum absolute atomic E-state index is 0.104. The maximum atomic E-state index is 12.4. The number of fused-ring (bicyclic) bond motifs is 1. The highest BCUT2D eigenvalue weighted by Gasteiger charge is 2.36. The van der Waals surface area contributed by atoms with Crippen molar-refractivity contribution in [2.24, 2.45) is 0 Å². The maximum Gasteiger partial charge on any atom is 0.322 e. The van der Waals surface area contributed by atoms with Gasteiger partial charge < -0.3 is 4.42 Å². The van der Waals surface area contributed by atoms with Crippen LogP contribution in [0.25, 0.3) is 11.5 Å². The Morgan fingerprint density at radius 1 is 1.03 bits per heavy atom. The third-order valence-electron chi connectivity index (χ3n) is 4.32. The Morgan fingerprint density at radius 3 is 2.27 bits per heavy atom.